The van der Waals surface area contributed by atoms with Crippen LogP contribution < -0.4 is 5.32 Å². The second-order valence-corrected chi connectivity index (χ2v) is 5.32. The van der Waals surface area contributed by atoms with Crippen LogP contribution in [-0.4, -0.2) is 42.6 Å². The van der Waals surface area contributed by atoms with Gasteiger partial charge in [0.2, 0.25) is 5.91 Å². The molecule has 1 aliphatic rings. The van der Waals surface area contributed by atoms with Crippen molar-refractivity contribution >= 4 is 11.6 Å². The minimum absolute atomic E-state index is 0.0524. The molecule has 2 atom stereocenters. The number of carbonyl (C=O) groups is 1. The molecule has 1 N–H and O–H groups in total. The second kappa shape index (κ2) is 6.81. The smallest absolute Gasteiger partial charge is 0.225 e. The topological polar surface area (TPSA) is 41.6 Å². The highest BCUT2D eigenvalue weighted by Crippen LogP contribution is 2.12. The van der Waals surface area contributed by atoms with Crippen molar-refractivity contribution in [2.45, 2.75) is 32.5 Å². The van der Waals surface area contributed by atoms with Gasteiger partial charge in [0.1, 0.15) is 5.82 Å². The Labute approximate surface area is 118 Å². The Bertz CT molecular complexity index is 440. The Balaban J connectivity index is 1.76. The average Bonchev–Trinajstić information content (AvgIpc) is 2.38. The number of hydrogen-bond acceptors (Lipinski definition) is 3. The lowest BCUT2D eigenvalue weighted by molar-refractivity contribution is -0.117. The van der Waals surface area contributed by atoms with E-state index in [-0.39, 0.29) is 23.9 Å². The molecule has 20 heavy (non-hydrogen) atoms. The minimum atomic E-state index is -0.306. The molecular formula is C15H21FN2O2. The fourth-order valence-electron chi connectivity index (χ4n) is 2.48. The van der Waals surface area contributed by atoms with E-state index in [0.717, 1.165) is 13.1 Å². The monoisotopic (exact) mass is 280 g/mol. The van der Waals surface area contributed by atoms with Crippen LogP contribution in [-0.2, 0) is 9.53 Å². The van der Waals surface area contributed by atoms with Crippen molar-refractivity contribution in [3.63, 3.8) is 0 Å². The van der Waals surface area contributed by atoms with E-state index >= 15 is 0 Å². The van der Waals surface area contributed by atoms with Gasteiger partial charge in [-0.05, 0) is 38.1 Å². The minimum Gasteiger partial charge on any atom is -0.373 e. The maximum atomic E-state index is 12.8. The van der Waals surface area contributed by atoms with Crippen LogP contribution in [0.15, 0.2) is 24.3 Å². The largest absolute Gasteiger partial charge is 0.373 e. The molecule has 0 radical (unpaired) electrons. The number of benzene rings is 1. The molecule has 1 saturated heterocycles. The van der Waals surface area contributed by atoms with E-state index in [1.165, 1.54) is 12.1 Å². The van der Waals surface area contributed by atoms with E-state index in [1.807, 2.05) is 13.8 Å². The zero-order chi connectivity index (χ0) is 14.5. The molecule has 1 aromatic carbocycles. The predicted molar refractivity (Wildman–Crippen MR) is 76.1 cm³/mol. The molecule has 110 valence electrons. The van der Waals surface area contributed by atoms with Crippen LogP contribution in [0.4, 0.5) is 10.1 Å². The molecule has 5 heteroatoms. The first kappa shape index (κ1) is 14.9. The third kappa shape index (κ3) is 4.58. The summed E-state index contributed by atoms with van der Waals surface area (Å²) in [6, 6.07) is 5.79. The molecule has 0 bridgehead atoms. The number of anilines is 1. The Morgan fingerprint density at radius 2 is 1.90 bits per heavy atom. The SMILES string of the molecule is C[C@@H]1CN(CCC(=O)Nc2ccc(F)cc2)C[C@@H](C)O1. The lowest BCUT2D eigenvalue weighted by Gasteiger charge is -2.35. The Morgan fingerprint density at radius 3 is 2.50 bits per heavy atom. The van der Waals surface area contributed by atoms with Gasteiger partial charge in [-0.1, -0.05) is 0 Å². The summed E-state index contributed by atoms with van der Waals surface area (Å²) >= 11 is 0. The summed E-state index contributed by atoms with van der Waals surface area (Å²) in [5, 5.41) is 2.77. The van der Waals surface area contributed by atoms with E-state index in [9.17, 15) is 9.18 Å². The quantitative estimate of drug-likeness (QED) is 0.920. The summed E-state index contributed by atoms with van der Waals surface area (Å²) in [5.41, 5.74) is 0.625. The number of rotatable bonds is 4. The predicted octanol–water partition coefficient (Wildman–Crippen LogP) is 2.26. The number of nitrogens with one attached hydrogen (secondary N) is 1. The number of amides is 1. The molecule has 1 heterocycles. The van der Waals surface area contributed by atoms with Crippen LogP contribution in [0.5, 0.6) is 0 Å². The summed E-state index contributed by atoms with van der Waals surface area (Å²) < 4.78 is 18.4. The van der Waals surface area contributed by atoms with E-state index < -0.39 is 0 Å². The van der Waals surface area contributed by atoms with Crippen molar-refractivity contribution in [3.05, 3.63) is 30.1 Å². The molecule has 0 aliphatic carbocycles. The zero-order valence-corrected chi connectivity index (χ0v) is 11.9. The summed E-state index contributed by atoms with van der Waals surface area (Å²) in [7, 11) is 0. The number of halogens is 1. The molecule has 1 amide bonds. The fourth-order valence-corrected chi connectivity index (χ4v) is 2.48. The lowest BCUT2D eigenvalue weighted by atomic mass is 10.2. The maximum Gasteiger partial charge on any atom is 0.225 e. The molecule has 2 rings (SSSR count). The van der Waals surface area contributed by atoms with Crippen LogP contribution in [0.2, 0.25) is 0 Å². The Morgan fingerprint density at radius 1 is 1.30 bits per heavy atom. The molecular weight excluding hydrogens is 259 g/mol. The normalized spacial score (nSPS) is 23.6. The highest BCUT2D eigenvalue weighted by atomic mass is 19.1. The van der Waals surface area contributed by atoms with Crippen LogP contribution >= 0.6 is 0 Å². The molecule has 0 saturated carbocycles. The first-order valence-corrected chi connectivity index (χ1v) is 6.96. The summed E-state index contributed by atoms with van der Waals surface area (Å²) in [6.07, 6.45) is 0.842. The standard InChI is InChI=1S/C15H21FN2O2/c1-11-9-18(10-12(2)20-11)8-7-15(19)17-14-5-3-13(16)4-6-14/h3-6,11-12H,7-10H2,1-2H3,(H,17,19)/t11-,12-/m1/s1. The molecule has 1 aliphatic heterocycles. The van der Waals surface area contributed by atoms with Crippen molar-refractivity contribution in [1.82, 2.24) is 4.90 Å². The summed E-state index contributed by atoms with van der Waals surface area (Å²) in [4.78, 5) is 14.1. The number of nitrogens with zero attached hydrogens (tertiary/aromatic N) is 1. The fraction of sp³-hybridized carbons (Fsp3) is 0.533. The van der Waals surface area contributed by atoms with Crippen LogP contribution in [0.1, 0.15) is 20.3 Å². The average molecular weight is 280 g/mol. The first-order valence-electron chi connectivity index (χ1n) is 6.96. The second-order valence-electron chi connectivity index (χ2n) is 5.32. The van der Waals surface area contributed by atoms with Gasteiger partial charge in [-0.2, -0.15) is 0 Å². The number of carbonyl (C=O) groups excluding carboxylic acids is 1. The third-order valence-electron chi connectivity index (χ3n) is 3.28. The number of morpholine rings is 1. The molecule has 1 aromatic rings. The van der Waals surface area contributed by atoms with Gasteiger partial charge in [0.25, 0.3) is 0 Å². The molecule has 4 nitrogen and oxygen atoms in total. The van der Waals surface area contributed by atoms with Crippen molar-refractivity contribution in [3.8, 4) is 0 Å². The third-order valence-corrected chi connectivity index (χ3v) is 3.28. The van der Waals surface area contributed by atoms with Crippen LogP contribution in [0, 0.1) is 5.82 Å². The van der Waals surface area contributed by atoms with Gasteiger partial charge in [0, 0.05) is 31.7 Å². The molecule has 0 aromatic heterocycles. The maximum absolute atomic E-state index is 12.8. The van der Waals surface area contributed by atoms with Crippen molar-refractivity contribution in [1.29, 1.82) is 0 Å². The van der Waals surface area contributed by atoms with E-state index in [4.69, 9.17) is 4.74 Å². The van der Waals surface area contributed by atoms with Crippen molar-refractivity contribution in [2.24, 2.45) is 0 Å². The highest BCUT2D eigenvalue weighted by molar-refractivity contribution is 5.90. The van der Waals surface area contributed by atoms with Gasteiger partial charge in [-0.15, -0.1) is 0 Å². The van der Waals surface area contributed by atoms with Gasteiger partial charge in [0.15, 0.2) is 0 Å². The molecule has 0 unspecified atom stereocenters. The van der Waals surface area contributed by atoms with E-state index in [1.54, 1.807) is 12.1 Å². The number of ether oxygens (including phenoxy) is 1. The Hall–Kier alpha value is -1.46. The van der Waals surface area contributed by atoms with Crippen molar-refractivity contribution in [2.75, 3.05) is 25.0 Å². The number of hydrogen-bond donors (Lipinski definition) is 1. The van der Waals surface area contributed by atoms with Crippen molar-refractivity contribution < 1.29 is 13.9 Å². The van der Waals surface area contributed by atoms with Crippen LogP contribution in [0.25, 0.3) is 0 Å². The van der Waals surface area contributed by atoms with Crippen LogP contribution in [0.3, 0.4) is 0 Å². The highest BCUT2D eigenvalue weighted by Gasteiger charge is 2.22. The lowest BCUT2D eigenvalue weighted by Crippen LogP contribution is -2.46. The van der Waals surface area contributed by atoms with E-state index in [0.29, 0.717) is 18.7 Å². The van der Waals surface area contributed by atoms with Gasteiger partial charge in [-0.25, -0.2) is 4.39 Å². The van der Waals surface area contributed by atoms with Gasteiger partial charge >= 0.3 is 0 Å². The van der Waals surface area contributed by atoms with Gasteiger partial charge in [-0.3, -0.25) is 9.69 Å². The summed E-state index contributed by atoms with van der Waals surface area (Å²) in [6.45, 7) is 6.51. The van der Waals surface area contributed by atoms with Gasteiger partial charge < -0.3 is 10.1 Å². The molecule has 1 fully saturated rings. The molecule has 0 spiro atoms. The zero-order valence-electron chi connectivity index (χ0n) is 11.9. The van der Waals surface area contributed by atoms with Gasteiger partial charge in [0.05, 0.1) is 12.2 Å². The first-order chi connectivity index (χ1) is 9.52. The Kier molecular flexibility index (Phi) is 5.09. The van der Waals surface area contributed by atoms with E-state index in [2.05, 4.69) is 10.2 Å². The summed E-state index contributed by atoms with van der Waals surface area (Å²) in [5.74, 6) is -0.359.